The maximum atomic E-state index is 6.25. The maximum Gasteiger partial charge on any atom is 0.136 e. The van der Waals surface area contributed by atoms with Crippen molar-refractivity contribution in [2.45, 2.75) is 95.0 Å². The summed E-state index contributed by atoms with van der Waals surface area (Å²) in [6.07, 6.45) is 1.44. The zero-order valence-electron chi connectivity index (χ0n) is 14.3. The van der Waals surface area contributed by atoms with Gasteiger partial charge in [-0.2, -0.15) is 11.8 Å². The first kappa shape index (κ1) is 17.5. The molecule has 2 aliphatic rings. The molecule has 2 fully saturated rings. The Balaban J connectivity index is 2.15. The van der Waals surface area contributed by atoms with Crippen molar-refractivity contribution in [2.24, 2.45) is 0 Å². The lowest BCUT2D eigenvalue weighted by atomic mass is 10.0. The van der Waals surface area contributed by atoms with Crippen LogP contribution in [0.2, 0.25) is 0 Å². The van der Waals surface area contributed by atoms with Gasteiger partial charge in [0.05, 0.1) is 18.8 Å². The lowest BCUT2D eigenvalue weighted by Crippen LogP contribution is -2.64. The summed E-state index contributed by atoms with van der Waals surface area (Å²) in [5.41, 5.74) is 0. The van der Waals surface area contributed by atoms with E-state index in [2.05, 4.69) is 63.9 Å². The van der Waals surface area contributed by atoms with Crippen LogP contribution < -0.4 is 10.6 Å². The molecule has 2 N–H and O–H groups in total. The van der Waals surface area contributed by atoms with Gasteiger partial charge in [-0.05, 0) is 41.0 Å². The highest BCUT2D eigenvalue weighted by atomic mass is 32.2. The summed E-state index contributed by atoms with van der Waals surface area (Å²) in [7, 11) is 0. The molecular formula is C16H32N2O2S. The number of hydrogen-bond donors (Lipinski definition) is 2. The van der Waals surface area contributed by atoms with Gasteiger partial charge >= 0.3 is 0 Å². The quantitative estimate of drug-likeness (QED) is 0.833. The predicted molar refractivity (Wildman–Crippen MR) is 89.9 cm³/mol. The molecule has 0 amide bonds. The summed E-state index contributed by atoms with van der Waals surface area (Å²) in [5, 5.41) is 8.46. The number of nitrogens with one attached hydrogen (secondary N) is 2. The minimum absolute atomic E-state index is 0.0256. The summed E-state index contributed by atoms with van der Waals surface area (Å²) < 4.78 is 12.4. The molecule has 0 aromatic heterocycles. The van der Waals surface area contributed by atoms with E-state index in [1.54, 1.807) is 0 Å². The first-order valence-corrected chi connectivity index (χ1v) is 9.25. The van der Waals surface area contributed by atoms with Crippen LogP contribution in [0.3, 0.4) is 0 Å². The summed E-state index contributed by atoms with van der Waals surface area (Å²) >= 11 is 2.05. The second kappa shape index (κ2) is 7.64. The third kappa shape index (κ3) is 4.83. The van der Waals surface area contributed by atoms with E-state index in [0.717, 1.165) is 6.61 Å². The van der Waals surface area contributed by atoms with Crippen LogP contribution in [0.25, 0.3) is 0 Å². The maximum absolute atomic E-state index is 6.25. The highest BCUT2D eigenvalue weighted by molar-refractivity contribution is 8.00. The fraction of sp³-hybridized carbons (Fsp3) is 1.00. The van der Waals surface area contributed by atoms with E-state index < -0.39 is 0 Å². The smallest absolute Gasteiger partial charge is 0.136 e. The molecule has 0 aliphatic carbocycles. The van der Waals surface area contributed by atoms with Crippen LogP contribution in [-0.4, -0.2) is 53.7 Å². The number of fused-ring (bicyclic) bond motifs is 1. The Kier molecular flexibility index (Phi) is 6.38. The van der Waals surface area contributed by atoms with Crippen molar-refractivity contribution >= 4 is 11.8 Å². The molecule has 0 saturated carbocycles. The van der Waals surface area contributed by atoms with E-state index in [1.165, 1.54) is 6.42 Å². The summed E-state index contributed by atoms with van der Waals surface area (Å²) in [4.78, 5) is 0. The molecule has 0 spiro atoms. The van der Waals surface area contributed by atoms with Gasteiger partial charge in [-0.1, -0.05) is 6.92 Å². The summed E-state index contributed by atoms with van der Waals surface area (Å²) in [5.74, 6) is 0. The number of thioether (sulfide) groups is 1. The third-order valence-electron chi connectivity index (χ3n) is 3.99. The molecule has 6 atom stereocenters. The van der Waals surface area contributed by atoms with Gasteiger partial charge in [0.15, 0.2) is 0 Å². The molecule has 2 saturated heterocycles. The highest BCUT2D eigenvalue weighted by Crippen LogP contribution is 2.34. The van der Waals surface area contributed by atoms with Gasteiger partial charge in [-0.25, -0.2) is 0 Å². The van der Waals surface area contributed by atoms with Crippen molar-refractivity contribution in [1.82, 2.24) is 10.6 Å². The number of hydrogen-bond acceptors (Lipinski definition) is 5. The van der Waals surface area contributed by atoms with Gasteiger partial charge in [0, 0.05) is 22.6 Å². The van der Waals surface area contributed by atoms with E-state index in [-0.39, 0.29) is 18.4 Å². The molecule has 6 unspecified atom stereocenters. The Labute approximate surface area is 134 Å². The highest BCUT2D eigenvalue weighted by Gasteiger charge is 2.44. The topological polar surface area (TPSA) is 42.5 Å². The monoisotopic (exact) mass is 316 g/mol. The van der Waals surface area contributed by atoms with E-state index in [9.17, 15) is 0 Å². The van der Waals surface area contributed by atoms with E-state index in [4.69, 9.17) is 9.47 Å². The van der Waals surface area contributed by atoms with Crippen molar-refractivity contribution in [1.29, 1.82) is 0 Å². The first-order valence-electron chi connectivity index (χ1n) is 8.31. The predicted octanol–water partition coefficient (Wildman–Crippen LogP) is 2.38. The van der Waals surface area contributed by atoms with E-state index in [1.807, 2.05) is 0 Å². The van der Waals surface area contributed by atoms with Crippen LogP contribution in [0.1, 0.15) is 48.0 Å². The molecule has 5 heteroatoms. The van der Waals surface area contributed by atoms with Crippen LogP contribution in [0.5, 0.6) is 0 Å². The van der Waals surface area contributed by atoms with Crippen LogP contribution >= 0.6 is 11.8 Å². The van der Waals surface area contributed by atoms with Crippen molar-refractivity contribution in [3.05, 3.63) is 0 Å². The van der Waals surface area contributed by atoms with Crippen LogP contribution in [0, 0.1) is 0 Å². The fourth-order valence-electron chi connectivity index (χ4n) is 3.31. The minimum Gasteiger partial charge on any atom is -0.370 e. The number of rotatable bonds is 4. The lowest BCUT2D eigenvalue weighted by molar-refractivity contribution is -0.148. The van der Waals surface area contributed by atoms with Gasteiger partial charge in [-0.15, -0.1) is 0 Å². The second-order valence-corrected chi connectivity index (χ2v) is 8.72. The molecule has 2 heterocycles. The normalized spacial score (nSPS) is 41.1. The van der Waals surface area contributed by atoms with Crippen molar-refractivity contribution in [3.8, 4) is 0 Å². The molecular weight excluding hydrogens is 284 g/mol. The van der Waals surface area contributed by atoms with Gasteiger partial charge in [0.1, 0.15) is 12.3 Å². The number of ether oxygens (including phenoxy) is 2. The zero-order chi connectivity index (χ0) is 15.6. The summed E-state index contributed by atoms with van der Waals surface area (Å²) in [6.45, 7) is 13.9. The van der Waals surface area contributed by atoms with Gasteiger partial charge in [0.2, 0.25) is 0 Å². The SMILES string of the molecule is CC(C)NC1OCC2SC(C)CC(C)NC2C1OC(C)C. The molecule has 2 rings (SSSR count). The molecule has 4 nitrogen and oxygen atoms in total. The van der Waals surface area contributed by atoms with E-state index >= 15 is 0 Å². The van der Waals surface area contributed by atoms with E-state index in [0.29, 0.717) is 28.6 Å². The molecule has 0 aromatic carbocycles. The van der Waals surface area contributed by atoms with Crippen LogP contribution in [0.15, 0.2) is 0 Å². The van der Waals surface area contributed by atoms with Crippen LogP contribution in [-0.2, 0) is 9.47 Å². The average molecular weight is 317 g/mol. The molecule has 0 bridgehead atoms. The molecule has 0 radical (unpaired) electrons. The van der Waals surface area contributed by atoms with Gasteiger partial charge in [-0.3, -0.25) is 5.32 Å². The fourth-order valence-corrected chi connectivity index (χ4v) is 4.87. The Bertz CT molecular complexity index is 327. The van der Waals surface area contributed by atoms with Crippen molar-refractivity contribution in [2.75, 3.05) is 6.61 Å². The largest absolute Gasteiger partial charge is 0.370 e. The van der Waals surface area contributed by atoms with Crippen LogP contribution in [0.4, 0.5) is 0 Å². The first-order chi connectivity index (χ1) is 9.86. The summed E-state index contributed by atoms with van der Waals surface area (Å²) in [6, 6.07) is 1.26. The Morgan fingerprint density at radius 3 is 2.57 bits per heavy atom. The van der Waals surface area contributed by atoms with Crippen molar-refractivity contribution < 1.29 is 9.47 Å². The standard InChI is InChI=1S/C16H32N2O2S/c1-9(2)17-16-15(20-10(3)4)14-13(8-19-16)21-12(6)7-11(5)18-14/h9-18H,7-8H2,1-6H3. The molecule has 124 valence electrons. The average Bonchev–Trinajstić information content (AvgIpc) is 2.48. The van der Waals surface area contributed by atoms with Gasteiger partial charge < -0.3 is 14.8 Å². The molecule has 2 aliphatic heterocycles. The third-order valence-corrected chi connectivity index (χ3v) is 5.43. The Morgan fingerprint density at radius 1 is 1.24 bits per heavy atom. The Hall–Kier alpha value is 0.190. The molecule has 0 aromatic rings. The van der Waals surface area contributed by atoms with Gasteiger partial charge in [0.25, 0.3) is 0 Å². The zero-order valence-corrected chi connectivity index (χ0v) is 15.1. The molecule has 21 heavy (non-hydrogen) atoms. The second-order valence-electron chi connectivity index (χ2n) is 7.04. The minimum atomic E-state index is -0.0256. The lowest BCUT2D eigenvalue weighted by Gasteiger charge is -2.44. The Morgan fingerprint density at radius 2 is 1.95 bits per heavy atom. The van der Waals surface area contributed by atoms with Crippen molar-refractivity contribution in [3.63, 3.8) is 0 Å².